The first-order chi connectivity index (χ1) is 15.0. The minimum atomic E-state index is -0.419. The highest BCUT2D eigenvalue weighted by Gasteiger charge is 2.34. The highest BCUT2D eigenvalue weighted by atomic mass is 35.5. The molecule has 3 aromatic carbocycles. The second kappa shape index (κ2) is 8.86. The summed E-state index contributed by atoms with van der Waals surface area (Å²) in [5.41, 5.74) is 3.31. The van der Waals surface area contributed by atoms with Gasteiger partial charge in [0.25, 0.3) is 0 Å². The molecule has 0 unspecified atom stereocenters. The monoisotopic (exact) mass is 440 g/mol. The van der Waals surface area contributed by atoms with Gasteiger partial charge in [-0.15, -0.1) is 0 Å². The molecule has 2 amide bonds. The van der Waals surface area contributed by atoms with Gasteiger partial charge in [0.05, 0.1) is 20.3 Å². The van der Waals surface area contributed by atoms with Crippen molar-refractivity contribution in [3.05, 3.63) is 88.2 Å². The fraction of sp³-hybridized carbons (Fsp3) is 0.208. The minimum absolute atomic E-state index is 0.294. The van der Waals surface area contributed by atoms with Gasteiger partial charge in [0.15, 0.2) is 11.5 Å². The normalized spacial score (nSPS) is 15.2. The predicted molar refractivity (Wildman–Crippen MR) is 119 cm³/mol. The van der Waals surface area contributed by atoms with Crippen LogP contribution in [0.25, 0.3) is 0 Å². The van der Waals surface area contributed by atoms with Gasteiger partial charge in [0.1, 0.15) is 5.82 Å². The van der Waals surface area contributed by atoms with Gasteiger partial charge in [0.2, 0.25) is 0 Å². The fourth-order valence-corrected chi connectivity index (χ4v) is 4.16. The predicted octanol–water partition coefficient (Wildman–Crippen LogP) is 5.68. The van der Waals surface area contributed by atoms with E-state index in [-0.39, 0.29) is 11.8 Å². The quantitative estimate of drug-likeness (QED) is 0.568. The number of carbonyl (C=O) groups is 1. The number of methoxy groups -OCH3 is 2. The summed E-state index contributed by atoms with van der Waals surface area (Å²) in [5, 5.41) is 3.43. The number of halogens is 2. The topological polar surface area (TPSA) is 50.8 Å². The molecule has 1 heterocycles. The molecule has 0 fully saturated rings. The van der Waals surface area contributed by atoms with E-state index in [1.54, 1.807) is 19.1 Å². The third-order valence-corrected chi connectivity index (χ3v) is 5.77. The van der Waals surface area contributed by atoms with Crippen LogP contribution >= 0.6 is 11.6 Å². The second-order valence-corrected chi connectivity index (χ2v) is 7.62. The first-order valence-corrected chi connectivity index (χ1v) is 10.2. The van der Waals surface area contributed by atoms with Crippen molar-refractivity contribution in [1.82, 2.24) is 4.90 Å². The van der Waals surface area contributed by atoms with E-state index < -0.39 is 6.04 Å². The third-order valence-electron chi connectivity index (χ3n) is 5.43. The van der Waals surface area contributed by atoms with Crippen molar-refractivity contribution in [2.45, 2.75) is 12.5 Å². The van der Waals surface area contributed by atoms with Crippen molar-refractivity contribution in [3.8, 4) is 11.5 Å². The van der Waals surface area contributed by atoms with E-state index in [1.807, 2.05) is 36.4 Å². The third kappa shape index (κ3) is 4.16. The number of benzene rings is 3. The number of hydrogen-bond acceptors (Lipinski definition) is 3. The van der Waals surface area contributed by atoms with Crippen molar-refractivity contribution in [2.75, 3.05) is 26.1 Å². The Morgan fingerprint density at radius 3 is 2.39 bits per heavy atom. The summed E-state index contributed by atoms with van der Waals surface area (Å²) in [4.78, 5) is 15.0. The molecule has 3 aromatic rings. The van der Waals surface area contributed by atoms with Crippen LogP contribution in [0.4, 0.5) is 14.9 Å². The lowest BCUT2D eigenvalue weighted by Gasteiger charge is -2.38. The van der Waals surface area contributed by atoms with E-state index in [4.69, 9.17) is 21.1 Å². The Hall–Kier alpha value is -3.25. The molecule has 7 heteroatoms. The maximum Gasteiger partial charge on any atom is 0.322 e. The molecule has 1 N–H and O–H groups in total. The average molecular weight is 441 g/mol. The Balaban J connectivity index is 1.78. The molecule has 1 aliphatic heterocycles. The molecular weight excluding hydrogens is 419 g/mol. The standard InChI is InChI=1S/C24H22ClFN2O3/c1-30-21-13-15-11-12-28(24(29)27-17-9-7-16(26)8-10-17)23(19(15)14-22(21)31-2)18-5-3-4-6-20(18)25/h3-10,13-14,23H,11-12H2,1-2H3,(H,27,29)/t23-/m0/s1. The van der Waals surface area contributed by atoms with Gasteiger partial charge >= 0.3 is 6.03 Å². The summed E-state index contributed by atoms with van der Waals surface area (Å²) < 4.78 is 24.2. The largest absolute Gasteiger partial charge is 0.493 e. The Morgan fingerprint density at radius 1 is 1.03 bits per heavy atom. The average Bonchev–Trinajstić information content (AvgIpc) is 2.79. The molecule has 0 aromatic heterocycles. The van der Waals surface area contributed by atoms with Gasteiger partial charge in [-0.1, -0.05) is 29.8 Å². The zero-order valence-electron chi connectivity index (χ0n) is 17.2. The number of hydrogen-bond donors (Lipinski definition) is 1. The van der Waals surface area contributed by atoms with Gasteiger partial charge < -0.3 is 19.7 Å². The molecule has 4 rings (SSSR count). The van der Waals surface area contributed by atoms with Crippen LogP contribution in [0.2, 0.25) is 5.02 Å². The van der Waals surface area contributed by atoms with Crippen molar-refractivity contribution >= 4 is 23.3 Å². The molecular formula is C24H22ClFN2O3. The number of rotatable bonds is 4. The second-order valence-electron chi connectivity index (χ2n) is 7.21. The Labute approximate surface area is 185 Å². The molecule has 0 saturated heterocycles. The number of amides is 2. The molecule has 1 aliphatic rings. The van der Waals surface area contributed by atoms with Gasteiger partial charge in [-0.3, -0.25) is 0 Å². The van der Waals surface area contributed by atoms with E-state index in [9.17, 15) is 9.18 Å². The fourth-order valence-electron chi connectivity index (χ4n) is 3.93. The van der Waals surface area contributed by atoms with E-state index in [1.165, 1.54) is 24.3 Å². The maximum absolute atomic E-state index is 13.3. The van der Waals surface area contributed by atoms with Crippen molar-refractivity contribution < 1.29 is 18.7 Å². The van der Waals surface area contributed by atoms with Crippen LogP contribution < -0.4 is 14.8 Å². The highest BCUT2D eigenvalue weighted by Crippen LogP contribution is 2.42. The van der Waals surface area contributed by atoms with Crippen LogP contribution in [-0.2, 0) is 6.42 Å². The lowest BCUT2D eigenvalue weighted by Crippen LogP contribution is -2.43. The lowest BCUT2D eigenvalue weighted by atomic mass is 9.87. The van der Waals surface area contributed by atoms with Crippen LogP contribution in [0.15, 0.2) is 60.7 Å². The number of nitrogens with zero attached hydrogens (tertiary/aromatic N) is 1. The molecule has 1 atom stereocenters. The molecule has 31 heavy (non-hydrogen) atoms. The molecule has 0 bridgehead atoms. The molecule has 5 nitrogen and oxygen atoms in total. The Kier molecular flexibility index (Phi) is 6.00. The Bertz CT molecular complexity index is 1100. The van der Waals surface area contributed by atoms with E-state index >= 15 is 0 Å². The van der Waals surface area contributed by atoms with Crippen LogP contribution in [0, 0.1) is 5.82 Å². The number of urea groups is 1. The number of anilines is 1. The van der Waals surface area contributed by atoms with Crippen molar-refractivity contribution in [2.24, 2.45) is 0 Å². The zero-order chi connectivity index (χ0) is 22.0. The summed E-state index contributed by atoms with van der Waals surface area (Å²) in [5.74, 6) is 0.863. The summed E-state index contributed by atoms with van der Waals surface area (Å²) in [6.07, 6.45) is 0.646. The van der Waals surface area contributed by atoms with Crippen LogP contribution in [-0.4, -0.2) is 31.7 Å². The highest BCUT2D eigenvalue weighted by molar-refractivity contribution is 6.31. The SMILES string of the molecule is COc1cc2c(cc1OC)[C@H](c1ccccc1Cl)N(C(=O)Nc1ccc(F)cc1)CC2. The van der Waals surface area contributed by atoms with Crippen LogP contribution in [0.5, 0.6) is 11.5 Å². The summed E-state index contributed by atoms with van der Waals surface area (Å²) >= 11 is 6.55. The van der Waals surface area contributed by atoms with Crippen LogP contribution in [0.1, 0.15) is 22.7 Å². The first kappa shape index (κ1) is 21.0. The maximum atomic E-state index is 13.3. The summed E-state index contributed by atoms with van der Waals surface area (Å²) in [7, 11) is 3.18. The lowest BCUT2D eigenvalue weighted by molar-refractivity contribution is 0.193. The van der Waals surface area contributed by atoms with E-state index in [0.29, 0.717) is 35.2 Å². The minimum Gasteiger partial charge on any atom is -0.493 e. The first-order valence-electron chi connectivity index (χ1n) is 9.84. The number of ether oxygens (including phenoxy) is 2. The molecule has 0 spiro atoms. The number of carbonyl (C=O) groups excluding carboxylic acids is 1. The molecule has 0 saturated carbocycles. The van der Waals surface area contributed by atoms with Gasteiger partial charge in [-0.25, -0.2) is 9.18 Å². The van der Waals surface area contributed by atoms with Gasteiger partial charge in [-0.2, -0.15) is 0 Å². The van der Waals surface area contributed by atoms with E-state index in [0.717, 1.165) is 16.7 Å². The van der Waals surface area contributed by atoms with Gasteiger partial charge in [-0.05, 0) is 65.6 Å². The summed E-state index contributed by atoms with van der Waals surface area (Å²) in [6, 6.07) is 16.3. The zero-order valence-corrected chi connectivity index (χ0v) is 17.9. The number of nitrogens with one attached hydrogen (secondary N) is 1. The van der Waals surface area contributed by atoms with Crippen LogP contribution in [0.3, 0.4) is 0 Å². The molecule has 0 radical (unpaired) electrons. The Morgan fingerprint density at radius 2 is 1.71 bits per heavy atom. The molecule has 160 valence electrons. The van der Waals surface area contributed by atoms with Crippen molar-refractivity contribution in [1.29, 1.82) is 0 Å². The summed E-state index contributed by atoms with van der Waals surface area (Å²) in [6.45, 7) is 0.478. The van der Waals surface area contributed by atoms with E-state index in [2.05, 4.69) is 5.32 Å². The van der Waals surface area contributed by atoms with Crippen molar-refractivity contribution in [3.63, 3.8) is 0 Å². The molecule has 0 aliphatic carbocycles. The number of fused-ring (bicyclic) bond motifs is 1. The van der Waals surface area contributed by atoms with Gasteiger partial charge in [0, 0.05) is 17.3 Å². The smallest absolute Gasteiger partial charge is 0.322 e.